The van der Waals surface area contributed by atoms with E-state index < -0.39 is 0 Å². The van der Waals surface area contributed by atoms with Crippen molar-refractivity contribution >= 4 is 23.9 Å². The number of rotatable bonds is 4. The molecule has 1 aromatic carbocycles. The van der Waals surface area contributed by atoms with Crippen molar-refractivity contribution in [1.29, 1.82) is 0 Å². The Bertz CT molecular complexity index is 558. The lowest BCUT2D eigenvalue weighted by Crippen LogP contribution is -2.12. The quantitative estimate of drug-likeness (QED) is 0.611. The molecule has 0 N–H and O–H groups in total. The second-order valence-electron chi connectivity index (χ2n) is 3.89. The van der Waals surface area contributed by atoms with Crippen LogP contribution in [0.3, 0.4) is 0 Å². The molecule has 0 saturated heterocycles. The molecule has 0 atom stereocenters. The standard InChI is InChI=1S/C14H14N2O2/c1-11(12-6-4-3-5-7-12)15-13-8-9-14(18-13)16(2)10-17/h3-10H,1-2H3. The van der Waals surface area contributed by atoms with Crippen molar-refractivity contribution in [1.82, 2.24) is 0 Å². The van der Waals surface area contributed by atoms with Gasteiger partial charge >= 0.3 is 0 Å². The summed E-state index contributed by atoms with van der Waals surface area (Å²) in [7, 11) is 1.63. The molecule has 1 aromatic heterocycles. The zero-order valence-corrected chi connectivity index (χ0v) is 10.3. The summed E-state index contributed by atoms with van der Waals surface area (Å²) in [5, 5.41) is 0. The zero-order valence-electron chi connectivity index (χ0n) is 10.3. The first-order valence-electron chi connectivity index (χ1n) is 5.59. The number of amides is 1. The highest BCUT2D eigenvalue weighted by Gasteiger charge is 2.05. The largest absolute Gasteiger partial charge is 0.422 e. The molecule has 0 spiro atoms. The molecule has 0 radical (unpaired) electrons. The van der Waals surface area contributed by atoms with Gasteiger partial charge in [-0.05, 0) is 12.5 Å². The van der Waals surface area contributed by atoms with Crippen molar-refractivity contribution in [3.63, 3.8) is 0 Å². The molecule has 0 aliphatic carbocycles. The number of benzene rings is 1. The Hall–Kier alpha value is -2.36. The first kappa shape index (κ1) is 12.1. The molecule has 0 aliphatic heterocycles. The van der Waals surface area contributed by atoms with E-state index in [9.17, 15) is 4.79 Å². The van der Waals surface area contributed by atoms with Crippen LogP contribution in [0.15, 0.2) is 51.9 Å². The summed E-state index contributed by atoms with van der Waals surface area (Å²) in [5.74, 6) is 0.963. The van der Waals surface area contributed by atoms with E-state index in [4.69, 9.17) is 4.42 Å². The van der Waals surface area contributed by atoms with Crippen molar-refractivity contribution < 1.29 is 9.21 Å². The maximum Gasteiger partial charge on any atom is 0.221 e. The van der Waals surface area contributed by atoms with Crippen LogP contribution in [0.2, 0.25) is 0 Å². The van der Waals surface area contributed by atoms with Crippen LogP contribution in [0, 0.1) is 0 Å². The topological polar surface area (TPSA) is 45.8 Å². The van der Waals surface area contributed by atoms with Gasteiger partial charge in [0.1, 0.15) is 0 Å². The molecular weight excluding hydrogens is 228 g/mol. The van der Waals surface area contributed by atoms with Crippen LogP contribution in [-0.4, -0.2) is 19.2 Å². The van der Waals surface area contributed by atoms with Gasteiger partial charge in [0.15, 0.2) is 0 Å². The predicted octanol–water partition coefficient (Wildman–Crippen LogP) is 3.01. The third kappa shape index (κ3) is 2.66. The van der Waals surface area contributed by atoms with E-state index in [-0.39, 0.29) is 0 Å². The Morgan fingerprint density at radius 3 is 2.61 bits per heavy atom. The van der Waals surface area contributed by atoms with Crippen molar-refractivity contribution in [3.05, 3.63) is 48.0 Å². The Morgan fingerprint density at radius 1 is 1.22 bits per heavy atom. The normalized spacial score (nSPS) is 11.3. The highest BCUT2D eigenvalue weighted by molar-refractivity contribution is 5.99. The SMILES string of the molecule is CC(=Nc1ccc(N(C)C=O)o1)c1ccccc1. The fraction of sp³-hybridized carbons (Fsp3) is 0.143. The smallest absolute Gasteiger partial charge is 0.221 e. The summed E-state index contributed by atoms with van der Waals surface area (Å²) in [4.78, 5) is 16.3. The lowest BCUT2D eigenvalue weighted by molar-refractivity contribution is -0.107. The van der Waals surface area contributed by atoms with Crippen LogP contribution in [0.5, 0.6) is 0 Å². The second kappa shape index (κ2) is 5.31. The van der Waals surface area contributed by atoms with Crippen LogP contribution in [-0.2, 0) is 4.79 Å². The number of hydrogen-bond acceptors (Lipinski definition) is 3. The van der Waals surface area contributed by atoms with Crippen molar-refractivity contribution in [2.75, 3.05) is 11.9 Å². The molecule has 1 heterocycles. The summed E-state index contributed by atoms with van der Waals surface area (Å²) in [6.45, 7) is 1.92. The van der Waals surface area contributed by atoms with E-state index in [0.717, 1.165) is 11.3 Å². The fourth-order valence-corrected chi connectivity index (χ4v) is 1.53. The van der Waals surface area contributed by atoms with Crippen LogP contribution < -0.4 is 4.90 Å². The van der Waals surface area contributed by atoms with Gasteiger partial charge in [0.25, 0.3) is 0 Å². The lowest BCUT2D eigenvalue weighted by atomic mass is 10.1. The van der Waals surface area contributed by atoms with Gasteiger partial charge in [-0.3, -0.25) is 9.69 Å². The van der Waals surface area contributed by atoms with Crippen molar-refractivity contribution in [2.24, 2.45) is 4.99 Å². The Kier molecular flexibility index (Phi) is 3.57. The molecule has 18 heavy (non-hydrogen) atoms. The monoisotopic (exact) mass is 242 g/mol. The maximum atomic E-state index is 10.6. The zero-order chi connectivity index (χ0) is 13.0. The summed E-state index contributed by atoms with van der Waals surface area (Å²) < 4.78 is 5.44. The average molecular weight is 242 g/mol. The third-order valence-corrected chi connectivity index (χ3v) is 2.55. The fourth-order valence-electron chi connectivity index (χ4n) is 1.53. The molecule has 1 amide bonds. The van der Waals surface area contributed by atoms with E-state index in [1.165, 1.54) is 4.90 Å². The molecule has 0 bridgehead atoms. The lowest BCUT2D eigenvalue weighted by Gasteiger charge is -2.04. The molecule has 2 rings (SSSR count). The Labute approximate surface area is 106 Å². The minimum Gasteiger partial charge on any atom is -0.422 e. The van der Waals surface area contributed by atoms with Gasteiger partial charge in [0.05, 0.1) is 0 Å². The summed E-state index contributed by atoms with van der Waals surface area (Å²) in [6.07, 6.45) is 0.691. The van der Waals surface area contributed by atoms with Gasteiger partial charge in [-0.2, -0.15) is 0 Å². The minimum atomic E-state index is 0.476. The number of nitrogens with zero attached hydrogens (tertiary/aromatic N) is 2. The summed E-state index contributed by atoms with van der Waals surface area (Å²) in [6, 6.07) is 13.3. The van der Waals surface area contributed by atoms with Gasteiger partial charge in [0, 0.05) is 24.9 Å². The molecule has 0 fully saturated rings. The number of anilines is 1. The van der Waals surface area contributed by atoms with Crippen molar-refractivity contribution in [3.8, 4) is 0 Å². The molecule has 4 heteroatoms. The van der Waals surface area contributed by atoms with E-state index in [0.29, 0.717) is 18.2 Å². The predicted molar refractivity (Wildman–Crippen MR) is 71.5 cm³/mol. The van der Waals surface area contributed by atoms with Crippen LogP contribution in [0.1, 0.15) is 12.5 Å². The highest BCUT2D eigenvalue weighted by Crippen LogP contribution is 2.23. The molecule has 0 aliphatic rings. The van der Waals surface area contributed by atoms with Gasteiger partial charge < -0.3 is 4.42 Å². The summed E-state index contributed by atoms with van der Waals surface area (Å²) in [5.41, 5.74) is 1.91. The highest BCUT2D eigenvalue weighted by atomic mass is 16.4. The molecule has 0 unspecified atom stereocenters. The maximum absolute atomic E-state index is 10.6. The van der Waals surface area contributed by atoms with E-state index in [1.54, 1.807) is 19.2 Å². The third-order valence-electron chi connectivity index (χ3n) is 2.55. The van der Waals surface area contributed by atoms with E-state index in [1.807, 2.05) is 37.3 Å². The van der Waals surface area contributed by atoms with Gasteiger partial charge in [-0.15, -0.1) is 0 Å². The Balaban J connectivity index is 2.23. The average Bonchev–Trinajstić information content (AvgIpc) is 2.87. The van der Waals surface area contributed by atoms with Gasteiger partial charge in [-0.25, -0.2) is 4.99 Å². The van der Waals surface area contributed by atoms with E-state index in [2.05, 4.69) is 4.99 Å². The Morgan fingerprint density at radius 2 is 1.94 bits per heavy atom. The van der Waals surface area contributed by atoms with Crippen LogP contribution in [0.4, 0.5) is 11.8 Å². The van der Waals surface area contributed by atoms with Crippen molar-refractivity contribution in [2.45, 2.75) is 6.92 Å². The second-order valence-corrected chi connectivity index (χ2v) is 3.89. The molecule has 2 aromatic rings. The first-order valence-corrected chi connectivity index (χ1v) is 5.59. The minimum absolute atomic E-state index is 0.476. The summed E-state index contributed by atoms with van der Waals surface area (Å²) >= 11 is 0. The molecule has 0 saturated carbocycles. The van der Waals surface area contributed by atoms with Crippen LogP contribution >= 0.6 is 0 Å². The number of carbonyl (C=O) groups excluding carboxylic acids is 1. The van der Waals surface area contributed by atoms with E-state index >= 15 is 0 Å². The van der Waals surface area contributed by atoms with Crippen LogP contribution in [0.25, 0.3) is 0 Å². The first-order chi connectivity index (χ1) is 8.70. The molecule has 4 nitrogen and oxygen atoms in total. The molecule has 92 valence electrons. The van der Waals surface area contributed by atoms with Gasteiger partial charge in [-0.1, -0.05) is 30.3 Å². The van der Waals surface area contributed by atoms with Gasteiger partial charge in [0.2, 0.25) is 18.2 Å². The number of furan rings is 1. The molecular formula is C14H14N2O2. The number of hydrogen-bond donors (Lipinski definition) is 0. The number of carbonyl (C=O) groups is 1. The number of aliphatic imine (C=N–C) groups is 1.